The summed E-state index contributed by atoms with van der Waals surface area (Å²) in [6.07, 6.45) is 7.66. The Bertz CT molecular complexity index is 1220. The quantitative estimate of drug-likeness (QED) is 0.251. The molecule has 0 atom stereocenters. The maximum atomic E-state index is 13.6. The highest BCUT2D eigenvalue weighted by molar-refractivity contribution is 7.98. The monoisotopic (exact) mass is 457 g/mol. The lowest BCUT2D eigenvalue weighted by atomic mass is 9.81. The predicted octanol–water partition coefficient (Wildman–Crippen LogP) is 6.31. The van der Waals surface area contributed by atoms with Crippen molar-refractivity contribution in [3.05, 3.63) is 89.9 Å². The Morgan fingerprint density at radius 3 is 2.42 bits per heavy atom. The van der Waals surface area contributed by atoms with Crippen LogP contribution in [0, 0.1) is 0 Å². The van der Waals surface area contributed by atoms with E-state index in [9.17, 15) is 4.79 Å². The largest absolute Gasteiger partial charge is 0.451 e. The summed E-state index contributed by atoms with van der Waals surface area (Å²) in [5.74, 6) is 1.55. The summed E-state index contributed by atoms with van der Waals surface area (Å²) < 4.78 is 6.11. The molecule has 0 spiro atoms. The molecule has 2 aromatic heterocycles. The van der Waals surface area contributed by atoms with E-state index < -0.39 is 0 Å². The van der Waals surface area contributed by atoms with Crippen molar-refractivity contribution in [1.29, 1.82) is 0 Å². The summed E-state index contributed by atoms with van der Waals surface area (Å²) in [4.78, 5) is 24.1. The minimum atomic E-state index is -0.0426. The minimum Gasteiger partial charge on any atom is -0.451 e. The normalized spacial score (nSPS) is 18.3. The van der Waals surface area contributed by atoms with E-state index in [2.05, 4.69) is 40.3 Å². The Balaban J connectivity index is 1.33. The molecule has 1 aliphatic rings. The van der Waals surface area contributed by atoms with Crippen LogP contribution in [-0.4, -0.2) is 33.9 Å². The molecule has 5 rings (SSSR count). The van der Waals surface area contributed by atoms with Gasteiger partial charge in [0.15, 0.2) is 10.9 Å². The average Bonchev–Trinajstić information content (AvgIpc) is 3.26. The van der Waals surface area contributed by atoms with Crippen LogP contribution in [-0.2, 0) is 5.75 Å². The molecule has 0 N–H and O–H groups in total. The van der Waals surface area contributed by atoms with Crippen LogP contribution >= 0.6 is 11.8 Å². The molecule has 6 heteroatoms. The van der Waals surface area contributed by atoms with Gasteiger partial charge in [-0.2, -0.15) is 0 Å². The predicted molar refractivity (Wildman–Crippen MR) is 131 cm³/mol. The Labute approximate surface area is 198 Å². The number of carbonyl (C=O) groups is 1. The first-order valence-corrected chi connectivity index (χ1v) is 12.4. The van der Waals surface area contributed by atoms with E-state index in [1.54, 1.807) is 18.5 Å². The van der Waals surface area contributed by atoms with Gasteiger partial charge in [-0.1, -0.05) is 60.3 Å². The Morgan fingerprint density at radius 1 is 0.970 bits per heavy atom. The molecule has 2 aromatic carbocycles. The number of hydrogen-bond donors (Lipinski definition) is 0. The van der Waals surface area contributed by atoms with Crippen LogP contribution in [0.2, 0.25) is 0 Å². The van der Waals surface area contributed by atoms with Crippen LogP contribution in [0.3, 0.4) is 0 Å². The van der Waals surface area contributed by atoms with Gasteiger partial charge in [-0.25, -0.2) is 9.97 Å². The highest BCUT2D eigenvalue weighted by Crippen LogP contribution is 2.36. The highest BCUT2D eigenvalue weighted by atomic mass is 32.2. The molecule has 4 aromatic rings. The second-order valence-electron chi connectivity index (χ2n) is 8.56. The van der Waals surface area contributed by atoms with Crippen molar-refractivity contribution < 1.29 is 9.21 Å². The number of rotatable bonds is 6. The number of thioether (sulfide) groups is 1. The van der Waals surface area contributed by atoms with Crippen LogP contribution in [0.5, 0.6) is 0 Å². The highest BCUT2D eigenvalue weighted by Gasteiger charge is 2.31. The minimum absolute atomic E-state index is 0.0426. The first kappa shape index (κ1) is 21.7. The number of hydrogen-bond acceptors (Lipinski definition) is 5. The summed E-state index contributed by atoms with van der Waals surface area (Å²) in [6, 6.07) is 20.6. The fraction of sp³-hybridized carbons (Fsp3) is 0.296. The van der Waals surface area contributed by atoms with Gasteiger partial charge in [0.25, 0.3) is 5.91 Å². The summed E-state index contributed by atoms with van der Waals surface area (Å²) in [5.41, 5.74) is 3.06. The van der Waals surface area contributed by atoms with E-state index in [1.165, 1.54) is 17.3 Å². The second kappa shape index (κ2) is 9.79. The van der Waals surface area contributed by atoms with Crippen LogP contribution in [0.4, 0.5) is 0 Å². The summed E-state index contributed by atoms with van der Waals surface area (Å²) in [6.45, 7) is 0. The zero-order valence-corrected chi connectivity index (χ0v) is 19.5. The number of benzene rings is 2. The van der Waals surface area contributed by atoms with Gasteiger partial charge in [-0.05, 0) is 49.3 Å². The Hall–Kier alpha value is -3.12. The van der Waals surface area contributed by atoms with Gasteiger partial charge in [-0.15, -0.1) is 0 Å². The summed E-state index contributed by atoms with van der Waals surface area (Å²) >= 11 is 1.52. The molecule has 2 heterocycles. The van der Waals surface area contributed by atoms with E-state index in [0.717, 1.165) is 42.2 Å². The van der Waals surface area contributed by atoms with E-state index in [4.69, 9.17) is 4.42 Å². The van der Waals surface area contributed by atoms with Crippen molar-refractivity contribution in [3.63, 3.8) is 0 Å². The van der Waals surface area contributed by atoms with Crippen LogP contribution < -0.4 is 0 Å². The first-order chi connectivity index (χ1) is 16.2. The topological polar surface area (TPSA) is 59.2 Å². The van der Waals surface area contributed by atoms with Crippen LogP contribution in [0.15, 0.2) is 82.6 Å². The SMILES string of the molecule is CN(C(=O)c1oc2ccccc2c1CSc1ncccn1)C1CCC(c2ccccc2)CC1. The molecule has 0 radical (unpaired) electrons. The van der Waals surface area contributed by atoms with Gasteiger partial charge >= 0.3 is 0 Å². The molecule has 1 fully saturated rings. The van der Waals surface area contributed by atoms with E-state index in [-0.39, 0.29) is 11.9 Å². The number of amides is 1. The number of carbonyl (C=O) groups excluding carboxylic acids is 1. The van der Waals surface area contributed by atoms with Gasteiger partial charge in [-0.3, -0.25) is 4.79 Å². The van der Waals surface area contributed by atoms with Gasteiger partial charge in [0.05, 0.1) is 0 Å². The fourth-order valence-corrected chi connectivity index (χ4v) is 5.59. The molecule has 33 heavy (non-hydrogen) atoms. The Kier molecular flexibility index (Phi) is 6.44. The van der Waals surface area contributed by atoms with Gasteiger partial charge < -0.3 is 9.32 Å². The zero-order valence-electron chi connectivity index (χ0n) is 18.7. The zero-order chi connectivity index (χ0) is 22.6. The van der Waals surface area contributed by atoms with Gasteiger partial charge in [0.1, 0.15) is 5.58 Å². The maximum Gasteiger partial charge on any atom is 0.289 e. The second-order valence-corrected chi connectivity index (χ2v) is 9.50. The third-order valence-electron chi connectivity index (χ3n) is 6.62. The maximum absolute atomic E-state index is 13.6. The number of aromatic nitrogens is 2. The molecule has 1 saturated carbocycles. The van der Waals surface area contributed by atoms with Crippen molar-refractivity contribution in [2.24, 2.45) is 0 Å². The smallest absolute Gasteiger partial charge is 0.289 e. The standard InChI is InChI=1S/C27H27N3O2S/c1-30(21-14-12-20(13-15-21)19-8-3-2-4-9-19)26(31)25-23(18-33-27-28-16-7-17-29-27)22-10-5-6-11-24(22)32-25/h2-11,16-17,20-21H,12-15,18H2,1H3. The van der Waals surface area contributed by atoms with E-state index in [0.29, 0.717) is 22.6 Å². The molecule has 0 bridgehead atoms. The van der Waals surface area contributed by atoms with Crippen LogP contribution in [0.25, 0.3) is 11.0 Å². The molecular weight excluding hydrogens is 430 g/mol. The molecule has 0 unspecified atom stereocenters. The molecule has 5 nitrogen and oxygen atoms in total. The van der Waals surface area contributed by atoms with E-state index in [1.807, 2.05) is 36.2 Å². The van der Waals surface area contributed by atoms with Gasteiger partial charge in [0, 0.05) is 42.2 Å². The van der Waals surface area contributed by atoms with Gasteiger partial charge in [0.2, 0.25) is 0 Å². The number of para-hydroxylation sites is 1. The lowest BCUT2D eigenvalue weighted by Crippen LogP contribution is -2.39. The molecule has 1 amide bonds. The molecule has 0 aliphatic heterocycles. The third kappa shape index (κ3) is 4.67. The molecule has 0 saturated heterocycles. The summed E-state index contributed by atoms with van der Waals surface area (Å²) in [7, 11) is 1.92. The summed E-state index contributed by atoms with van der Waals surface area (Å²) in [5, 5.41) is 1.67. The average molecular weight is 458 g/mol. The third-order valence-corrected chi connectivity index (χ3v) is 7.52. The number of furan rings is 1. The lowest BCUT2D eigenvalue weighted by Gasteiger charge is -2.34. The van der Waals surface area contributed by atoms with Crippen molar-refractivity contribution >= 4 is 28.6 Å². The number of fused-ring (bicyclic) bond motifs is 1. The van der Waals surface area contributed by atoms with E-state index >= 15 is 0 Å². The van der Waals surface area contributed by atoms with Crippen molar-refractivity contribution in [2.45, 2.75) is 48.6 Å². The van der Waals surface area contributed by atoms with Crippen LogP contribution in [0.1, 0.15) is 53.3 Å². The molecule has 168 valence electrons. The number of nitrogens with zero attached hydrogens (tertiary/aromatic N) is 3. The lowest BCUT2D eigenvalue weighted by molar-refractivity contribution is 0.0658. The van der Waals surface area contributed by atoms with Crippen molar-refractivity contribution in [3.8, 4) is 0 Å². The first-order valence-electron chi connectivity index (χ1n) is 11.4. The molecule has 1 aliphatic carbocycles. The molecular formula is C27H27N3O2S. The van der Waals surface area contributed by atoms with Crippen molar-refractivity contribution in [1.82, 2.24) is 14.9 Å². The Morgan fingerprint density at radius 2 is 1.67 bits per heavy atom. The fourth-order valence-electron chi connectivity index (χ4n) is 4.76. The van der Waals surface area contributed by atoms with Crippen molar-refractivity contribution in [2.75, 3.05) is 7.05 Å².